The number of rotatable bonds is 3. The van der Waals surface area contributed by atoms with Gasteiger partial charge in [-0.15, -0.1) is 0 Å². The van der Waals surface area contributed by atoms with E-state index in [1.807, 2.05) is 25.2 Å². The minimum atomic E-state index is 0.942. The van der Waals surface area contributed by atoms with Gasteiger partial charge in [0.1, 0.15) is 5.82 Å². The molecule has 1 heterocycles. The zero-order valence-corrected chi connectivity index (χ0v) is 12.6. The van der Waals surface area contributed by atoms with Crippen LogP contribution >= 0.6 is 15.9 Å². The van der Waals surface area contributed by atoms with Crippen molar-refractivity contribution in [2.75, 3.05) is 5.32 Å². The van der Waals surface area contributed by atoms with Crippen molar-refractivity contribution in [3.8, 4) is 11.1 Å². The Morgan fingerprint density at radius 1 is 0.950 bits per heavy atom. The largest absolute Gasteiger partial charge is 0.340 e. The van der Waals surface area contributed by atoms with Crippen molar-refractivity contribution in [2.45, 2.75) is 0 Å². The lowest BCUT2D eigenvalue weighted by molar-refractivity contribution is 0.776. The van der Waals surface area contributed by atoms with Crippen molar-refractivity contribution in [1.29, 1.82) is 0 Å². The van der Waals surface area contributed by atoms with Gasteiger partial charge in [0.05, 0.1) is 10.7 Å². The summed E-state index contributed by atoms with van der Waals surface area (Å²) >= 11 is 3.48. The molecule has 3 nitrogen and oxygen atoms in total. The molecule has 0 bridgehead atoms. The molecule has 0 spiro atoms. The van der Waals surface area contributed by atoms with E-state index in [1.54, 1.807) is 10.9 Å². The Hall–Kier alpha value is -2.07. The maximum atomic E-state index is 4.18. The molecule has 0 aliphatic carbocycles. The molecule has 4 heteroatoms. The highest BCUT2D eigenvalue weighted by Crippen LogP contribution is 2.26. The fourth-order valence-corrected chi connectivity index (χ4v) is 2.51. The second-order valence-electron chi connectivity index (χ2n) is 4.53. The number of benzene rings is 2. The van der Waals surface area contributed by atoms with Crippen LogP contribution in [-0.2, 0) is 7.05 Å². The molecule has 0 amide bonds. The van der Waals surface area contributed by atoms with Gasteiger partial charge in [-0.2, -0.15) is 5.10 Å². The number of hydrogen-bond acceptors (Lipinski definition) is 2. The van der Waals surface area contributed by atoms with Gasteiger partial charge in [-0.1, -0.05) is 42.5 Å². The predicted molar refractivity (Wildman–Crippen MR) is 86.1 cm³/mol. The number of aromatic nitrogens is 2. The van der Waals surface area contributed by atoms with Crippen LogP contribution in [0, 0.1) is 0 Å². The van der Waals surface area contributed by atoms with E-state index in [1.165, 1.54) is 11.1 Å². The molecule has 3 rings (SSSR count). The molecule has 1 N–H and O–H groups in total. The number of nitrogens with zero attached hydrogens (tertiary/aromatic N) is 2. The van der Waals surface area contributed by atoms with Gasteiger partial charge >= 0.3 is 0 Å². The summed E-state index contributed by atoms with van der Waals surface area (Å²) in [6, 6.07) is 18.7. The van der Waals surface area contributed by atoms with Crippen LogP contribution in [-0.4, -0.2) is 9.78 Å². The Morgan fingerprint density at radius 2 is 1.60 bits per heavy atom. The van der Waals surface area contributed by atoms with Gasteiger partial charge < -0.3 is 5.32 Å². The van der Waals surface area contributed by atoms with Crippen molar-refractivity contribution in [2.24, 2.45) is 7.05 Å². The Kier molecular flexibility index (Phi) is 3.56. The van der Waals surface area contributed by atoms with Gasteiger partial charge in [-0.05, 0) is 39.2 Å². The van der Waals surface area contributed by atoms with Crippen molar-refractivity contribution >= 4 is 27.4 Å². The van der Waals surface area contributed by atoms with E-state index in [9.17, 15) is 0 Å². The molecule has 2 aromatic carbocycles. The zero-order valence-electron chi connectivity index (χ0n) is 11.0. The molecule has 100 valence electrons. The fraction of sp³-hybridized carbons (Fsp3) is 0.0625. The Bertz CT molecular complexity index is 683. The first-order valence-electron chi connectivity index (χ1n) is 6.34. The molecular weight excluding hydrogens is 314 g/mol. The van der Waals surface area contributed by atoms with Gasteiger partial charge in [-0.3, -0.25) is 4.68 Å². The lowest BCUT2D eigenvalue weighted by Gasteiger charge is -2.08. The summed E-state index contributed by atoms with van der Waals surface area (Å²) in [5, 5.41) is 7.54. The average Bonchev–Trinajstić information content (AvgIpc) is 2.81. The van der Waals surface area contributed by atoms with Crippen molar-refractivity contribution in [3.05, 3.63) is 65.3 Å². The SMILES string of the molecule is Cn1ncc(Br)c1Nc1ccc(-c2ccccc2)cc1. The molecule has 0 radical (unpaired) electrons. The first-order valence-corrected chi connectivity index (χ1v) is 7.13. The lowest BCUT2D eigenvalue weighted by Crippen LogP contribution is -1.99. The summed E-state index contributed by atoms with van der Waals surface area (Å²) in [6.45, 7) is 0. The highest BCUT2D eigenvalue weighted by molar-refractivity contribution is 9.10. The average molecular weight is 328 g/mol. The van der Waals surface area contributed by atoms with E-state index in [4.69, 9.17) is 0 Å². The summed E-state index contributed by atoms with van der Waals surface area (Å²) < 4.78 is 2.75. The number of halogens is 1. The third-order valence-electron chi connectivity index (χ3n) is 3.15. The van der Waals surface area contributed by atoms with E-state index in [2.05, 4.69) is 62.7 Å². The lowest BCUT2D eigenvalue weighted by atomic mass is 10.1. The Labute approximate surface area is 126 Å². The highest BCUT2D eigenvalue weighted by atomic mass is 79.9. The first-order chi connectivity index (χ1) is 9.74. The van der Waals surface area contributed by atoms with Crippen LogP contribution in [0.4, 0.5) is 11.5 Å². The normalized spacial score (nSPS) is 10.5. The topological polar surface area (TPSA) is 29.9 Å². The third kappa shape index (κ3) is 2.60. The summed E-state index contributed by atoms with van der Waals surface area (Å²) in [4.78, 5) is 0. The summed E-state index contributed by atoms with van der Waals surface area (Å²) in [6.07, 6.45) is 1.78. The molecule has 1 aromatic heterocycles. The molecule has 20 heavy (non-hydrogen) atoms. The van der Waals surface area contributed by atoms with E-state index in [0.717, 1.165) is 16.0 Å². The minimum absolute atomic E-state index is 0.942. The van der Waals surface area contributed by atoms with Gasteiger partial charge in [0.15, 0.2) is 0 Å². The van der Waals surface area contributed by atoms with Crippen LogP contribution in [0.2, 0.25) is 0 Å². The van der Waals surface area contributed by atoms with Crippen LogP contribution in [0.3, 0.4) is 0 Å². The molecule has 0 aliphatic rings. The summed E-state index contributed by atoms with van der Waals surface area (Å²) in [7, 11) is 1.91. The number of aryl methyl sites for hydroxylation is 1. The van der Waals surface area contributed by atoms with Gasteiger partial charge in [0, 0.05) is 12.7 Å². The number of hydrogen-bond donors (Lipinski definition) is 1. The molecule has 0 saturated heterocycles. The van der Waals surface area contributed by atoms with Crippen LogP contribution in [0.25, 0.3) is 11.1 Å². The van der Waals surface area contributed by atoms with E-state index >= 15 is 0 Å². The molecule has 0 atom stereocenters. The van der Waals surface area contributed by atoms with E-state index in [-0.39, 0.29) is 0 Å². The molecular formula is C16H14BrN3. The maximum absolute atomic E-state index is 4.18. The minimum Gasteiger partial charge on any atom is -0.340 e. The van der Waals surface area contributed by atoms with Crippen LogP contribution in [0.5, 0.6) is 0 Å². The maximum Gasteiger partial charge on any atom is 0.142 e. The predicted octanol–water partition coefficient (Wildman–Crippen LogP) is 4.59. The Balaban J connectivity index is 1.84. The smallest absolute Gasteiger partial charge is 0.142 e. The molecule has 0 saturated carbocycles. The second kappa shape index (κ2) is 5.51. The third-order valence-corrected chi connectivity index (χ3v) is 3.73. The fourth-order valence-electron chi connectivity index (χ4n) is 2.06. The van der Waals surface area contributed by atoms with Gasteiger partial charge in [0.2, 0.25) is 0 Å². The molecule has 0 fully saturated rings. The molecule has 3 aromatic rings. The van der Waals surface area contributed by atoms with Gasteiger partial charge in [-0.25, -0.2) is 0 Å². The number of nitrogens with one attached hydrogen (secondary N) is 1. The first kappa shape index (κ1) is 12.9. The van der Waals surface area contributed by atoms with Crippen molar-refractivity contribution in [1.82, 2.24) is 9.78 Å². The summed E-state index contributed by atoms with van der Waals surface area (Å²) in [5.74, 6) is 0.942. The van der Waals surface area contributed by atoms with Crippen molar-refractivity contribution < 1.29 is 0 Å². The second-order valence-corrected chi connectivity index (χ2v) is 5.39. The van der Waals surface area contributed by atoms with Crippen LogP contribution in [0.15, 0.2) is 65.3 Å². The van der Waals surface area contributed by atoms with Crippen LogP contribution in [0.1, 0.15) is 0 Å². The molecule has 0 aliphatic heterocycles. The van der Waals surface area contributed by atoms with E-state index in [0.29, 0.717) is 0 Å². The Morgan fingerprint density at radius 3 is 2.20 bits per heavy atom. The highest BCUT2D eigenvalue weighted by Gasteiger charge is 2.05. The van der Waals surface area contributed by atoms with Crippen LogP contribution < -0.4 is 5.32 Å². The van der Waals surface area contributed by atoms with Crippen molar-refractivity contribution in [3.63, 3.8) is 0 Å². The van der Waals surface area contributed by atoms with Gasteiger partial charge in [0.25, 0.3) is 0 Å². The monoisotopic (exact) mass is 327 g/mol. The van der Waals surface area contributed by atoms with E-state index < -0.39 is 0 Å². The quantitative estimate of drug-likeness (QED) is 0.762. The zero-order chi connectivity index (χ0) is 13.9. The molecule has 0 unspecified atom stereocenters. The standard InChI is InChI=1S/C16H14BrN3/c1-20-16(15(17)11-18-20)19-14-9-7-13(8-10-14)12-5-3-2-4-6-12/h2-11,19H,1H3. The summed E-state index contributed by atoms with van der Waals surface area (Å²) in [5.41, 5.74) is 3.47. The number of anilines is 2.